The zero-order valence-electron chi connectivity index (χ0n) is 14.2. The fourth-order valence-corrected chi connectivity index (χ4v) is 4.04. The second-order valence-electron chi connectivity index (χ2n) is 7.16. The predicted octanol–water partition coefficient (Wildman–Crippen LogP) is 3.34. The largest absolute Gasteiger partial charge is 0.366 e. The van der Waals surface area contributed by atoms with Crippen LogP contribution in [0.3, 0.4) is 0 Å². The number of ether oxygens (including phenoxy) is 1. The van der Waals surface area contributed by atoms with Crippen LogP contribution >= 0.6 is 11.3 Å². The van der Waals surface area contributed by atoms with E-state index in [9.17, 15) is 0 Å². The van der Waals surface area contributed by atoms with Crippen LogP contribution < -0.4 is 10.2 Å². The van der Waals surface area contributed by atoms with Gasteiger partial charge in [-0.05, 0) is 47.6 Å². The maximum Gasteiger partial charge on any atom is 0.186 e. The number of nitrogens with zero attached hydrogens (tertiary/aromatic N) is 2. The van der Waals surface area contributed by atoms with Gasteiger partial charge in [0.25, 0.3) is 0 Å². The lowest BCUT2D eigenvalue weighted by Crippen LogP contribution is -2.57. The Balaban J connectivity index is 2.12. The van der Waals surface area contributed by atoms with Crippen molar-refractivity contribution < 1.29 is 4.74 Å². The topological polar surface area (TPSA) is 37.4 Å². The van der Waals surface area contributed by atoms with Crippen molar-refractivity contribution in [3.8, 4) is 0 Å². The molecule has 1 aliphatic rings. The van der Waals surface area contributed by atoms with Crippen molar-refractivity contribution in [1.82, 2.24) is 10.3 Å². The van der Waals surface area contributed by atoms with Gasteiger partial charge in [-0.1, -0.05) is 6.92 Å². The van der Waals surface area contributed by atoms with Crippen molar-refractivity contribution in [2.45, 2.75) is 65.7 Å². The molecule has 0 saturated carbocycles. The molecule has 2 heterocycles. The lowest BCUT2D eigenvalue weighted by Gasteiger charge is -2.47. The Morgan fingerprint density at radius 2 is 1.86 bits per heavy atom. The molecule has 0 aromatic carbocycles. The summed E-state index contributed by atoms with van der Waals surface area (Å²) in [5, 5.41) is 4.60. The van der Waals surface area contributed by atoms with Crippen LogP contribution in [-0.4, -0.2) is 35.8 Å². The molecule has 1 saturated heterocycles. The smallest absolute Gasteiger partial charge is 0.186 e. The Morgan fingerprint density at radius 3 is 2.43 bits per heavy atom. The van der Waals surface area contributed by atoms with Crippen molar-refractivity contribution in [1.29, 1.82) is 0 Å². The van der Waals surface area contributed by atoms with Crippen LogP contribution in [0.25, 0.3) is 0 Å². The van der Waals surface area contributed by atoms with Crippen molar-refractivity contribution in [3.63, 3.8) is 0 Å². The molecule has 1 N–H and O–H groups in total. The summed E-state index contributed by atoms with van der Waals surface area (Å²) in [6.45, 7) is 16.7. The van der Waals surface area contributed by atoms with Crippen LogP contribution in [0.2, 0.25) is 0 Å². The van der Waals surface area contributed by atoms with Crippen LogP contribution in [-0.2, 0) is 11.3 Å². The molecule has 5 heteroatoms. The molecular formula is C16H29N3OS. The lowest BCUT2D eigenvalue weighted by molar-refractivity contribution is -0.133. The SMILES string of the molecule is CCCNCc1sc(N2CC(C)(C)OC(C)(C)C2)nc1C. The summed E-state index contributed by atoms with van der Waals surface area (Å²) < 4.78 is 6.15. The van der Waals surface area contributed by atoms with Gasteiger partial charge in [-0.25, -0.2) is 4.98 Å². The fraction of sp³-hybridized carbons (Fsp3) is 0.812. The van der Waals surface area contributed by atoms with Crippen LogP contribution in [0.5, 0.6) is 0 Å². The Bertz CT molecular complexity index is 466. The highest BCUT2D eigenvalue weighted by Gasteiger charge is 2.39. The molecule has 21 heavy (non-hydrogen) atoms. The van der Waals surface area contributed by atoms with Gasteiger partial charge >= 0.3 is 0 Å². The summed E-state index contributed by atoms with van der Waals surface area (Å²) >= 11 is 1.81. The maximum absolute atomic E-state index is 6.15. The molecule has 1 aliphatic heterocycles. The Labute approximate surface area is 132 Å². The van der Waals surface area contributed by atoms with Crippen LogP contribution in [0.1, 0.15) is 51.6 Å². The van der Waals surface area contributed by atoms with E-state index in [0.717, 1.165) is 43.4 Å². The van der Waals surface area contributed by atoms with E-state index in [1.165, 1.54) is 4.88 Å². The Kier molecular flexibility index (Phi) is 4.96. The molecular weight excluding hydrogens is 282 g/mol. The van der Waals surface area contributed by atoms with Gasteiger partial charge in [0.05, 0.1) is 16.9 Å². The summed E-state index contributed by atoms with van der Waals surface area (Å²) in [7, 11) is 0. The van der Waals surface area contributed by atoms with E-state index < -0.39 is 0 Å². The zero-order valence-corrected chi connectivity index (χ0v) is 15.1. The quantitative estimate of drug-likeness (QED) is 0.846. The number of hydrogen-bond acceptors (Lipinski definition) is 5. The second kappa shape index (κ2) is 6.23. The van der Waals surface area contributed by atoms with E-state index in [4.69, 9.17) is 9.72 Å². The standard InChI is InChI=1S/C16H29N3OS/c1-7-8-17-9-13-12(2)18-14(21-13)19-10-15(3,4)20-16(5,6)11-19/h17H,7-11H2,1-6H3. The van der Waals surface area contributed by atoms with Crippen molar-refractivity contribution >= 4 is 16.5 Å². The Morgan fingerprint density at radius 1 is 1.24 bits per heavy atom. The molecule has 1 fully saturated rings. The number of aromatic nitrogens is 1. The van der Waals surface area contributed by atoms with Crippen LogP contribution in [0, 0.1) is 6.92 Å². The van der Waals surface area contributed by atoms with Crippen molar-refractivity contribution in [3.05, 3.63) is 10.6 Å². The number of aryl methyl sites for hydroxylation is 1. The molecule has 0 aliphatic carbocycles. The minimum Gasteiger partial charge on any atom is -0.366 e. The molecule has 120 valence electrons. The van der Waals surface area contributed by atoms with Crippen molar-refractivity contribution in [2.24, 2.45) is 0 Å². The lowest BCUT2D eigenvalue weighted by atomic mass is 9.99. The van der Waals surface area contributed by atoms with Gasteiger partial charge in [0, 0.05) is 24.5 Å². The highest BCUT2D eigenvalue weighted by atomic mass is 32.1. The third-order valence-electron chi connectivity index (χ3n) is 3.56. The van der Waals surface area contributed by atoms with E-state index in [1.54, 1.807) is 0 Å². The normalized spacial score (nSPS) is 20.8. The first-order chi connectivity index (χ1) is 9.72. The second-order valence-corrected chi connectivity index (χ2v) is 8.22. The highest BCUT2D eigenvalue weighted by Crippen LogP contribution is 2.34. The van der Waals surface area contributed by atoms with Gasteiger partial charge in [0.15, 0.2) is 5.13 Å². The molecule has 2 rings (SSSR count). The summed E-state index contributed by atoms with van der Waals surface area (Å²) in [6.07, 6.45) is 1.16. The van der Waals surface area contributed by atoms with Gasteiger partial charge < -0.3 is 15.0 Å². The van der Waals surface area contributed by atoms with Gasteiger partial charge in [-0.2, -0.15) is 0 Å². The zero-order chi connectivity index (χ0) is 15.7. The summed E-state index contributed by atoms with van der Waals surface area (Å²) in [5.74, 6) is 0. The molecule has 0 amide bonds. The number of anilines is 1. The first kappa shape index (κ1) is 16.7. The molecule has 0 atom stereocenters. The third kappa shape index (κ3) is 4.41. The van der Waals surface area contributed by atoms with Gasteiger partial charge in [-0.15, -0.1) is 11.3 Å². The highest BCUT2D eigenvalue weighted by molar-refractivity contribution is 7.15. The molecule has 0 spiro atoms. The molecule has 0 unspecified atom stereocenters. The van der Waals surface area contributed by atoms with Crippen LogP contribution in [0.4, 0.5) is 5.13 Å². The van der Waals surface area contributed by atoms with Gasteiger partial charge in [-0.3, -0.25) is 0 Å². The van der Waals surface area contributed by atoms with Crippen LogP contribution in [0.15, 0.2) is 0 Å². The summed E-state index contributed by atoms with van der Waals surface area (Å²) in [5.41, 5.74) is 0.880. The fourth-order valence-electron chi connectivity index (χ4n) is 3.01. The molecule has 1 aromatic rings. The van der Waals surface area contributed by atoms with Gasteiger partial charge in [0.2, 0.25) is 0 Å². The van der Waals surface area contributed by atoms with E-state index in [0.29, 0.717) is 0 Å². The third-order valence-corrected chi connectivity index (χ3v) is 4.78. The first-order valence-corrected chi connectivity index (χ1v) is 8.66. The van der Waals surface area contributed by atoms with Crippen molar-refractivity contribution in [2.75, 3.05) is 24.5 Å². The molecule has 4 nitrogen and oxygen atoms in total. The van der Waals surface area contributed by atoms with E-state index in [2.05, 4.69) is 51.8 Å². The Hall–Kier alpha value is -0.650. The first-order valence-electron chi connectivity index (χ1n) is 7.84. The molecule has 0 bridgehead atoms. The average molecular weight is 311 g/mol. The number of morpholine rings is 1. The molecule has 0 radical (unpaired) electrons. The van der Waals surface area contributed by atoms with E-state index in [1.807, 2.05) is 11.3 Å². The van der Waals surface area contributed by atoms with E-state index >= 15 is 0 Å². The minimum absolute atomic E-state index is 0.137. The number of thiazole rings is 1. The number of nitrogens with one attached hydrogen (secondary N) is 1. The minimum atomic E-state index is -0.137. The molecule has 1 aromatic heterocycles. The van der Waals surface area contributed by atoms with Gasteiger partial charge in [0.1, 0.15) is 0 Å². The predicted molar refractivity (Wildman–Crippen MR) is 90.3 cm³/mol. The summed E-state index contributed by atoms with van der Waals surface area (Å²) in [6, 6.07) is 0. The monoisotopic (exact) mass is 311 g/mol. The number of hydrogen-bond donors (Lipinski definition) is 1. The summed E-state index contributed by atoms with van der Waals surface area (Å²) in [4.78, 5) is 8.52. The average Bonchev–Trinajstić information content (AvgIpc) is 2.67. The van der Waals surface area contributed by atoms with E-state index in [-0.39, 0.29) is 11.2 Å². The number of rotatable bonds is 5. The maximum atomic E-state index is 6.15.